The van der Waals surface area contributed by atoms with Crippen molar-refractivity contribution in [3.63, 3.8) is 0 Å². The molecule has 142 valence electrons. The number of hydrazine groups is 2. The Morgan fingerprint density at radius 3 is 2.11 bits per heavy atom. The first-order valence-corrected chi connectivity index (χ1v) is 8.25. The summed E-state index contributed by atoms with van der Waals surface area (Å²) in [4.78, 5) is 36.1. The molecule has 2 heterocycles. The molecule has 28 heavy (non-hydrogen) atoms. The first-order chi connectivity index (χ1) is 13.5. The van der Waals surface area contributed by atoms with Crippen LogP contribution >= 0.6 is 0 Å². The number of benzene rings is 1. The van der Waals surface area contributed by atoms with Crippen LogP contribution in [0.4, 0.5) is 17.3 Å². The molecule has 10 nitrogen and oxygen atoms in total. The maximum Gasteiger partial charge on any atom is 0.288 e. The molecule has 0 atom stereocenters. The van der Waals surface area contributed by atoms with Gasteiger partial charge in [-0.05, 0) is 31.2 Å². The van der Waals surface area contributed by atoms with Crippen LogP contribution in [0.15, 0.2) is 55.0 Å². The number of hydrogen-bond acceptors (Lipinski definition) is 8. The van der Waals surface area contributed by atoms with E-state index < -0.39 is 5.91 Å². The highest BCUT2D eigenvalue weighted by molar-refractivity contribution is 5.95. The Morgan fingerprint density at radius 1 is 0.857 bits per heavy atom. The van der Waals surface area contributed by atoms with Gasteiger partial charge in [0.25, 0.3) is 11.8 Å². The summed E-state index contributed by atoms with van der Waals surface area (Å²) in [5, 5.41) is 0. The molecule has 3 rings (SSSR count). The first-order valence-electron chi connectivity index (χ1n) is 8.25. The summed E-state index contributed by atoms with van der Waals surface area (Å²) in [7, 11) is 0. The quantitative estimate of drug-likeness (QED) is 0.403. The second kappa shape index (κ2) is 8.45. The minimum atomic E-state index is -0.458. The Morgan fingerprint density at radius 2 is 1.50 bits per heavy atom. The number of pyridine rings is 1. The SMILES string of the molecule is Cc1ccc(C(=O)NNc2ncnc(NNC(=O)c3ccccn3)c2N)cc1. The molecular weight excluding hydrogens is 360 g/mol. The Kier molecular flexibility index (Phi) is 5.60. The number of aryl methyl sites for hydroxylation is 1. The highest BCUT2D eigenvalue weighted by Gasteiger charge is 2.12. The zero-order valence-electron chi connectivity index (χ0n) is 14.9. The number of aromatic nitrogens is 3. The fourth-order valence-corrected chi connectivity index (χ4v) is 2.16. The van der Waals surface area contributed by atoms with E-state index in [9.17, 15) is 9.59 Å². The summed E-state index contributed by atoms with van der Waals surface area (Å²) < 4.78 is 0. The van der Waals surface area contributed by atoms with Crippen molar-refractivity contribution in [1.29, 1.82) is 0 Å². The highest BCUT2D eigenvalue weighted by Crippen LogP contribution is 2.21. The molecule has 0 saturated carbocycles. The number of rotatable bonds is 6. The molecule has 0 bridgehead atoms. The summed E-state index contributed by atoms with van der Waals surface area (Å²) >= 11 is 0. The van der Waals surface area contributed by atoms with Crippen molar-refractivity contribution < 1.29 is 9.59 Å². The Hall–Kier alpha value is -4.21. The smallest absolute Gasteiger partial charge is 0.288 e. The molecule has 0 unspecified atom stereocenters. The number of nitrogen functional groups attached to an aromatic ring is 1. The molecule has 0 aliphatic heterocycles. The van der Waals surface area contributed by atoms with Crippen LogP contribution in [0.5, 0.6) is 0 Å². The van der Waals surface area contributed by atoms with Gasteiger partial charge in [-0.15, -0.1) is 0 Å². The molecule has 0 aliphatic rings. The average Bonchev–Trinajstić information content (AvgIpc) is 2.73. The first kappa shape index (κ1) is 18.6. The molecule has 3 aromatic rings. The van der Waals surface area contributed by atoms with Crippen LogP contribution in [-0.2, 0) is 0 Å². The van der Waals surface area contributed by atoms with E-state index in [-0.39, 0.29) is 28.9 Å². The van der Waals surface area contributed by atoms with E-state index in [2.05, 4.69) is 36.7 Å². The molecule has 1 aromatic carbocycles. The summed E-state index contributed by atoms with van der Waals surface area (Å²) in [6, 6.07) is 12.0. The van der Waals surface area contributed by atoms with Gasteiger partial charge in [0.2, 0.25) is 0 Å². The van der Waals surface area contributed by atoms with Crippen molar-refractivity contribution in [2.24, 2.45) is 0 Å². The normalized spacial score (nSPS) is 10.0. The van der Waals surface area contributed by atoms with E-state index in [1.54, 1.807) is 30.3 Å². The fourth-order valence-electron chi connectivity index (χ4n) is 2.16. The zero-order chi connectivity index (χ0) is 19.9. The van der Waals surface area contributed by atoms with Crippen molar-refractivity contribution >= 4 is 29.1 Å². The van der Waals surface area contributed by atoms with Crippen molar-refractivity contribution in [2.45, 2.75) is 6.92 Å². The van der Waals surface area contributed by atoms with Crippen molar-refractivity contribution in [3.05, 3.63) is 71.8 Å². The van der Waals surface area contributed by atoms with Crippen LogP contribution in [0.3, 0.4) is 0 Å². The molecule has 6 N–H and O–H groups in total. The largest absolute Gasteiger partial charge is 0.393 e. The van der Waals surface area contributed by atoms with Crippen molar-refractivity contribution in [3.8, 4) is 0 Å². The Balaban J connectivity index is 1.61. The molecular formula is C18H18N8O2. The molecule has 0 saturated heterocycles. The maximum atomic E-state index is 12.2. The summed E-state index contributed by atoms with van der Waals surface area (Å²) in [5.74, 6) is -0.479. The number of amides is 2. The number of carbonyl (C=O) groups excluding carboxylic acids is 2. The molecule has 0 radical (unpaired) electrons. The van der Waals surface area contributed by atoms with Gasteiger partial charge in [-0.3, -0.25) is 36.3 Å². The third-order valence-electron chi connectivity index (χ3n) is 3.68. The molecule has 0 aliphatic carbocycles. The Bertz CT molecular complexity index is 977. The van der Waals surface area contributed by atoms with E-state index in [0.29, 0.717) is 5.56 Å². The number of nitrogens with zero attached hydrogens (tertiary/aromatic N) is 3. The van der Waals surface area contributed by atoms with Gasteiger partial charge in [-0.2, -0.15) is 0 Å². The second-order valence-corrected chi connectivity index (χ2v) is 5.72. The molecule has 0 fully saturated rings. The number of carbonyl (C=O) groups is 2. The van der Waals surface area contributed by atoms with Crippen LogP contribution in [0, 0.1) is 6.92 Å². The van der Waals surface area contributed by atoms with E-state index in [4.69, 9.17) is 5.73 Å². The second-order valence-electron chi connectivity index (χ2n) is 5.72. The van der Waals surface area contributed by atoms with Gasteiger partial charge in [0, 0.05) is 11.8 Å². The Labute approximate surface area is 160 Å². The zero-order valence-corrected chi connectivity index (χ0v) is 14.9. The van der Waals surface area contributed by atoms with Gasteiger partial charge in [0.1, 0.15) is 17.7 Å². The third kappa shape index (κ3) is 4.49. The van der Waals surface area contributed by atoms with Crippen LogP contribution in [0.25, 0.3) is 0 Å². The fraction of sp³-hybridized carbons (Fsp3) is 0.0556. The monoisotopic (exact) mass is 378 g/mol. The number of anilines is 3. The summed E-state index contributed by atoms with van der Waals surface area (Å²) in [5.41, 5.74) is 18.1. The lowest BCUT2D eigenvalue weighted by molar-refractivity contribution is 0.0952. The van der Waals surface area contributed by atoms with Crippen LogP contribution < -0.4 is 27.4 Å². The van der Waals surface area contributed by atoms with Crippen LogP contribution in [-0.4, -0.2) is 26.8 Å². The number of hydrogen-bond donors (Lipinski definition) is 5. The third-order valence-corrected chi connectivity index (χ3v) is 3.68. The van der Waals surface area contributed by atoms with E-state index >= 15 is 0 Å². The summed E-state index contributed by atoms with van der Waals surface area (Å²) in [6.45, 7) is 1.93. The van der Waals surface area contributed by atoms with Gasteiger partial charge < -0.3 is 5.73 Å². The van der Waals surface area contributed by atoms with E-state index in [1.165, 1.54) is 12.5 Å². The molecule has 10 heteroatoms. The van der Waals surface area contributed by atoms with Crippen molar-refractivity contribution in [1.82, 2.24) is 25.8 Å². The maximum absolute atomic E-state index is 12.2. The molecule has 2 aromatic heterocycles. The summed E-state index contributed by atoms with van der Waals surface area (Å²) in [6.07, 6.45) is 2.73. The van der Waals surface area contributed by atoms with Gasteiger partial charge in [-0.1, -0.05) is 23.8 Å². The molecule has 2 amide bonds. The number of nitrogens with two attached hydrogens (primary N) is 1. The van der Waals surface area contributed by atoms with Gasteiger partial charge in [0.15, 0.2) is 11.6 Å². The average molecular weight is 378 g/mol. The van der Waals surface area contributed by atoms with Crippen LogP contribution in [0.2, 0.25) is 0 Å². The standard InChI is InChI=1S/C18H18N8O2/c1-11-5-7-12(8-6-11)17(27)25-23-15-14(19)16(22-10-21-15)24-26-18(28)13-4-2-3-9-20-13/h2-10H,19H2,1H3,(H,25,27)(H,26,28)(H2,21,22,23,24). The van der Waals surface area contributed by atoms with Gasteiger partial charge in [0.05, 0.1) is 0 Å². The highest BCUT2D eigenvalue weighted by atomic mass is 16.2. The van der Waals surface area contributed by atoms with Crippen molar-refractivity contribution in [2.75, 3.05) is 16.6 Å². The minimum Gasteiger partial charge on any atom is -0.393 e. The van der Waals surface area contributed by atoms with Gasteiger partial charge in [-0.25, -0.2) is 9.97 Å². The lowest BCUT2D eigenvalue weighted by atomic mass is 10.1. The van der Waals surface area contributed by atoms with Crippen LogP contribution in [0.1, 0.15) is 26.4 Å². The van der Waals surface area contributed by atoms with Gasteiger partial charge >= 0.3 is 0 Å². The lowest BCUT2D eigenvalue weighted by Crippen LogP contribution is -2.32. The predicted molar refractivity (Wildman–Crippen MR) is 104 cm³/mol. The number of nitrogens with one attached hydrogen (secondary N) is 4. The minimum absolute atomic E-state index is 0.105. The van der Waals surface area contributed by atoms with E-state index in [0.717, 1.165) is 5.56 Å². The predicted octanol–water partition coefficient (Wildman–Crippen LogP) is 1.28. The topological polar surface area (TPSA) is 147 Å². The molecule has 0 spiro atoms. The lowest BCUT2D eigenvalue weighted by Gasteiger charge is -2.13. The van der Waals surface area contributed by atoms with E-state index in [1.807, 2.05) is 19.1 Å².